The number of benzene rings is 2. The third-order valence-corrected chi connectivity index (χ3v) is 7.63. The molecule has 0 bridgehead atoms. The van der Waals surface area contributed by atoms with Crippen LogP contribution in [0, 0.1) is 11.3 Å². The van der Waals surface area contributed by atoms with Gasteiger partial charge in [0.05, 0.1) is 12.7 Å². The molecule has 5 nitrogen and oxygen atoms in total. The molecule has 34 heavy (non-hydrogen) atoms. The van der Waals surface area contributed by atoms with Crippen molar-refractivity contribution in [3.63, 3.8) is 0 Å². The Morgan fingerprint density at radius 2 is 1.71 bits per heavy atom. The van der Waals surface area contributed by atoms with Gasteiger partial charge in [0.1, 0.15) is 10.8 Å². The molecule has 4 rings (SSSR count). The number of carbonyl (C=O) groups is 2. The third-order valence-electron chi connectivity index (χ3n) is 6.46. The van der Waals surface area contributed by atoms with E-state index in [1.807, 2.05) is 54.6 Å². The zero-order chi connectivity index (χ0) is 24.3. The van der Waals surface area contributed by atoms with E-state index < -0.39 is 5.97 Å². The summed E-state index contributed by atoms with van der Waals surface area (Å²) in [5, 5.41) is 3.45. The van der Waals surface area contributed by atoms with Gasteiger partial charge in [0.25, 0.3) is 5.91 Å². The molecule has 1 heterocycles. The van der Waals surface area contributed by atoms with Gasteiger partial charge in [-0.2, -0.15) is 0 Å². The van der Waals surface area contributed by atoms with Gasteiger partial charge >= 0.3 is 5.97 Å². The first-order valence-electron chi connectivity index (χ1n) is 11.6. The average Bonchev–Trinajstić information content (AvgIpc) is 3.19. The zero-order valence-electron chi connectivity index (χ0n) is 20.1. The minimum absolute atomic E-state index is 0.140. The first-order chi connectivity index (χ1) is 16.3. The topological polar surface area (TPSA) is 64.6 Å². The lowest BCUT2D eigenvalue weighted by Crippen LogP contribution is -2.26. The van der Waals surface area contributed by atoms with E-state index in [0.29, 0.717) is 22.2 Å². The molecule has 1 atom stereocenters. The number of anilines is 1. The standard InChI is InChI=1S/C28H31NO4S/c1-28(2,3)20-12-15-22-23(16-20)34-26(25(22)27(31)32-4)29-24(30)17-33-21-13-10-19(11-14-21)18-8-6-5-7-9-18/h5-11,13-14,20H,12,15-17H2,1-4H3,(H,29,30). The van der Waals surface area contributed by atoms with Crippen LogP contribution in [0.2, 0.25) is 0 Å². The van der Waals surface area contributed by atoms with E-state index in [1.165, 1.54) is 23.3 Å². The molecule has 0 saturated heterocycles. The Kier molecular flexibility index (Phi) is 7.08. The van der Waals surface area contributed by atoms with Crippen molar-refractivity contribution >= 4 is 28.2 Å². The second-order valence-electron chi connectivity index (χ2n) is 9.73. The minimum Gasteiger partial charge on any atom is -0.484 e. The van der Waals surface area contributed by atoms with E-state index in [0.717, 1.165) is 36.0 Å². The summed E-state index contributed by atoms with van der Waals surface area (Å²) in [6.07, 6.45) is 2.75. The fourth-order valence-electron chi connectivity index (χ4n) is 4.42. The van der Waals surface area contributed by atoms with Crippen LogP contribution in [0.25, 0.3) is 11.1 Å². The lowest BCUT2D eigenvalue weighted by atomic mass is 9.72. The molecule has 1 aliphatic rings. The van der Waals surface area contributed by atoms with Gasteiger partial charge in [-0.15, -0.1) is 11.3 Å². The Morgan fingerprint density at radius 3 is 2.35 bits per heavy atom. The number of esters is 1. The van der Waals surface area contributed by atoms with E-state index >= 15 is 0 Å². The van der Waals surface area contributed by atoms with Crippen molar-refractivity contribution < 1.29 is 19.1 Å². The highest BCUT2D eigenvalue weighted by Gasteiger charge is 2.34. The van der Waals surface area contributed by atoms with Crippen molar-refractivity contribution in [1.29, 1.82) is 0 Å². The molecule has 0 aliphatic heterocycles. The van der Waals surface area contributed by atoms with Crippen molar-refractivity contribution in [3.8, 4) is 16.9 Å². The fourth-order valence-corrected chi connectivity index (χ4v) is 5.75. The number of rotatable bonds is 6. The van der Waals surface area contributed by atoms with Crippen molar-refractivity contribution in [2.24, 2.45) is 11.3 Å². The summed E-state index contributed by atoms with van der Waals surface area (Å²) >= 11 is 1.49. The molecule has 6 heteroatoms. The summed E-state index contributed by atoms with van der Waals surface area (Å²) in [7, 11) is 1.38. The normalized spacial score (nSPS) is 15.4. The van der Waals surface area contributed by atoms with E-state index in [-0.39, 0.29) is 17.9 Å². The summed E-state index contributed by atoms with van der Waals surface area (Å²) < 4.78 is 10.7. The number of thiophene rings is 1. The Hall–Kier alpha value is -3.12. The van der Waals surface area contributed by atoms with Crippen molar-refractivity contribution in [3.05, 3.63) is 70.6 Å². The van der Waals surface area contributed by atoms with Gasteiger partial charge in [-0.3, -0.25) is 4.79 Å². The highest BCUT2D eigenvalue weighted by molar-refractivity contribution is 7.17. The van der Waals surface area contributed by atoms with Gasteiger partial charge in [0.15, 0.2) is 6.61 Å². The summed E-state index contributed by atoms with van der Waals surface area (Å²) in [6, 6.07) is 17.7. The van der Waals surface area contributed by atoms with Crippen LogP contribution in [0.15, 0.2) is 54.6 Å². The Balaban J connectivity index is 1.43. The largest absolute Gasteiger partial charge is 0.484 e. The molecule has 1 aromatic heterocycles. The molecular formula is C28H31NO4S. The van der Waals surface area contributed by atoms with Crippen LogP contribution >= 0.6 is 11.3 Å². The van der Waals surface area contributed by atoms with Crippen molar-refractivity contribution in [2.45, 2.75) is 40.0 Å². The van der Waals surface area contributed by atoms with Gasteiger partial charge in [0.2, 0.25) is 0 Å². The maximum Gasteiger partial charge on any atom is 0.341 e. The Labute approximate surface area is 205 Å². The second kappa shape index (κ2) is 10.0. The van der Waals surface area contributed by atoms with Crippen LogP contribution in [0.1, 0.15) is 48.0 Å². The van der Waals surface area contributed by atoms with Gasteiger partial charge in [-0.1, -0.05) is 63.2 Å². The zero-order valence-corrected chi connectivity index (χ0v) is 21.0. The van der Waals surface area contributed by atoms with Crippen molar-refractivity contribution in [1.82, 2.24) is 0 Å². The molecule has 1 amide bonds. The molecule has 178 valence electrons. The molecule has 1 aliphatic carbocycles. The van der Waals surface area contributed by atoms with E-state index in [9.17, 15) is 9.59 Å². The number of hydrogen-bond donors (Lipinski definition) is 1. The first-order valence-corrected chi connectivity index (χ1v) is 12.4. The maximum absolute atomic E-state index is 12.7. The van der Waals surface area contributed by atoms with Crippen LogP contribution in [0.3, 0.4) is 0 Å². The molecule has 0 saturated carbocycles. The number of fused-ring (bicyclic) bond motifs is 1. The van der Waals surface area contributed by atoms with Crippen LogP contribution in [0.5, 0.6) is 5.75 Å². The molecule has 0 spiro atoms. The van der Waals surface area contributed by atoms with Gasteiger partial charge in [0, 0.05) is 4.88 Å². The number of ether oxygens (including phenoxy) is 2. The molecule has 1 unspecified atom stereocenters. The second-order valence-corrected chi connectivity index (χ2v) is 10.8. The van der Waals surface area contributed by atoms with E-state index in [2.05, 4.69) is 26.1 Å². The predicted molar refractivity (Wildman–Crippen MR) is 137 cm³/mol. The van der Waals surface area contributed by atoms with E-state index in [1.54, 1.807) is 0 Å². The van der Waals surface area contributed by atoms with Gasteiger partial charge in [-0.25, -0.2) is 4.79 Å². The quantitative estimate of drug-likeness (QED) is 0.419. The molecule has 1 N–H and O–H groups in total. The molecular weight excluding hydrogens is 446 g/mol. The van der Waals surface area contributed by atoms with Crippen LogP contribution in [-0.4, -0.2) is 25.6 Å². The summed E-state index contributed by atoms with van der Waals surface area (Å²) in [6.45, 7) is 6.62. The monoisotopic (exact) mass is 477 g/mol. The first kappa shape index (κ1) is 24.0. The molecule has 3 aromatic rings. The highest BCUT2D eigenvalue weighted by Crippen LogP contribution is 2.44. The smallest absolute Gasteiger partial charge is 0.341 e. The number of nitrogens with one attached hydrogen (secondary N) is 1. The number of amides is 1. The fraction of sp³-hybridized carbons (Fsp3) is 0.357. The van der Waals surface area contributed by atoms with E-state index in [4.69, 9.17) is 9.47 Å². The Bertz CT molecular complexity index is 1160. The number of carbonyl (C=O) groups excluding carboxylic acids is 2. The lowest BCUT2D eigenvalue weighted by Gasteiger charge is -2.33. The Morgan fingerprint density at radius 1 is 1.03 bits per heavy atom. The minimum atomic E-state index is -0.403. The van der Waals surface area contributed by atoms with Crippen LogP contribution in [-0.2, 0) is 22.4 Å². The summed E-state index contributed by atoms with van der Waals surface area (Å²) in [5.74, 6) is 0.444. The van der Waals surface area contributed by atoms with Crippen LogP contribution < -0.4 is 10.1 Å². The SMILES string of the molecule is COC(=O)c1c(NC(=O)COc2ccc(-c3ccccc3)cc2)sc2c1CCC(C(C)(C)C)C2. The molecule has 0 radical (unpaired) electrons. The average molecular weight is 478 g/mol. The molecule has 0 fully saturated rings. The number of methoxy groups -OCH3 is 1. The summed E-state index contributed by atoms with van der Waals surface area (Å²) in [4.78, 5) is 26.4. The maximum atomic E-state index is 12.7. The molecule has 2 aromatic carbocycles. The predicted octanol–water partition coefficient (Wildman–Crippen LogP) is 6.37. The van der Waals surface area contributed by atoms with Gasteiger partial charge in [-0.05, 0) is 59.4 Å². The lowest BCUT2D eigenvalue weighted by molar-refractivity contribution is -0.118. The van der Waals surface area contributed by atoms with Crippen molar-refractivity contribution in [2.75, 3.05) is 19.0 Å². The van der Waals surface area contributed by atoms with Crippen LogP contribution in [0.4, 0.5) is 5.00 Å². The highest BCUT2D eigenvalue weighted by atomic mass is 32.1. The third kappa shape index (κ3) is 5.33. The summed E-state index contributed by atoms with van der Waals surface area (Å²) in [5.41, 5.74) is 3.91. The van der Waals surface area contributed by atoms with Gasteiger partial charge < -0.3 is 14.8 Å². The number of hydrogen-bond acceptors (Lipinski definition) is 5.